The maximum atomic E-state index is 5.15. The van der Waals surface area contributed by atoms with Crippen LogP contribution in [-0.2, 0) is 12.8 Å². The first-order chi connectivity index (χ1) is 8.86. The number of thioether (sulfide) groups is 1. The number of nitrogens with one attached hydrogen (secondary N) is 1. The van der Waals surface area contributed by atoms with Gasteiger partial charge >= 0.3 is 0 Å². The second-order valence-corrected chi connectivity index (χ2v) is 5.98. The van der Waals surface area contributed by atoms with Gasteiger partial charge in [0.05, 0.1) is 12.5 Å². The lowest BCUT2D eigenvalue weighted by atomic mass is 10.0. The highest BCUT2D eigenvalue weighted by molar-refractivity contribution is 8.00. The Labute approximate surface area is 112 Å². The molecule has 1 aromatic heterocycles. The lowest BCUT2D eigenvalue weighted by Crippen LogP contribution is -2.37. The average Bonchev–Trinajstić information content (AvgIpc) is 3.04. The Kier molecular flexibility index (Phi) is 3.43. The summed E-state index contributed by atoms with van der Waals surface area (Å²) in [5.41, 5.74) is 2.76. The largest absolute Gasteiger partial charge is 0.472 e. The first kappa shape index (κ1) is 11.9. The van der Waals surface area contributed by atoms with Crippen molar-refractivity contribution in [3.05, 3.63) is 54.0 Å². The van der Waals surface area contributed by atoms with Gasteiger partial charge in [-0.2, -0.15) is 0 Å². The molecule has 0 saturated heterocycles. The number of hydrogen-bond donors (Lipinski definition) is 1. The van der Waals surface area contributed by atoms with E-state index in [1.165, 1.54) is 16.0 Å². The zero-order valence-electron chi connectivity index (χ0n) is 10.4. The predicted molar refractivity (Wildman–Crippen MR) is 75.1 cm³/mol. The Morgan fingerprint density at radius 3 is 3.00 bits per heavy atom. The van der Waals surface area contributed by atoms with Crippen molar-refractivity contribution in [2.75, 3.05) is 7.05 Å². The number of furan rings is 1. The SMILES string of the molecule is CNC(Cc1ccoc1)C1Cc2ccccc2S1. The molecule has 0 radical (unpaired) electrons. The highest BCUT2D eigenvalue weighted by Gasteiger charge is 2.28. The van der Waals surface area contributed by atoms with E-state index in [0.29, 0.717) is 11.3 Å². The van der Waals surface area contributed by atoms with Crippen LogP contribution in [0.25, 0.3) is 0 Å². The number of fused-ring (bicyclic) bond motifs is 1. The molecule has 0 aliphatic carbocycles. The van der Waals surface area contributed by atoms with Crippen LogP contribution in [0.15, 0.2) is 52.2 Å². The molecule has 3 rings (SSSR count). The summed E-state index contributed by atoms with van der Waals surface area (Å²) in [5.74, 6) is 0. The van der Waals surface area contributed by atoms with Gasteiger partial charge in [-0.15, -0.1) is 11.8 Å². The molecule has 2 heterocycles. The Balaban J connectivity index is 1.71. The van der Waals surface area contributed by atoms with Crippen molar-refractivity contribution in [3.63, 3.8) is 0 Å². The van der Waals surface area contributed by atoms with Gasteiger partial charge in [-0.05, 0) is 43.1 Å². The van der Waals surface area contributed by atoms with Gasteiger partial charge in [0.15, 0.2) is 0 Å². The van der Waals surface area contributed by atoms with E-state index in [2.05, 4.69) is 35.6 Å². The molecule has 2 nitrogen and oxygen atoms in total. The van der Waals surface area contributed by atoms with Gasteiger partial charge in [0, 0.05) is 16.2 Å². The molecule has 94 valence electrons. The van der Waals surface area contributed by atoms with Crippen LogP contribution in [0.2, 0.25) is 0 Å². The van der Waals surface area contributed by atoms with E-state index in [9.17, 15) is 0 Å². The molecule has 2 aromatic rings. The molecule has 0 amide bonds. The second kappa shape index (κ2) is 5.21. The van der Waals surface area contributed by atoms with Gasteiger partial charge in [0.25, 0.3) is 0 Å². The molecule has 0 saturated carbocycles. The molecule has 0 fully saturated rings. The molecular weight excluding hydrogens is 242 g/mol. The summed E-state index contributed by atoms with van der Waals surface area (Å²) in [4.78, 5) is 1.44. The lowest BCUT2D eigenvalue weighted by Gasteiger charge is -2.21. The van der Waals surface area contributed by atoms with E-state index in [1.54, 1.807) is 6.26 Å². The summed E-state index contributed by atoms with van der Waals surface area (Å²) >= 11 is 2.00. The summed E-state index contributed by atoms with van der Waals surface area (Å²) < 4.78 is 5.15. The van der Waals surface area contributed by atoms with Gasteiger partial charge in [-0.1, -0.05) is 18.2 Å². The third-order valence-corrected chi connectivity index (χ3v) is 4.98. The molecule has 2 unspecified atom stereocenters. The van der Waals surface area contributed by atoms with Crippen molar-refractivity contribution in [2.24, 2.45) is 0 Å². The van der Waals surface area contributed by atoms with Crippen molar-refractivity contribution in [1.82, 2.24) is 5.32 Å². The van der Waals surface area contributed by atoms with E-state index in [0.717, 1.165) is 12.8 Å². The maximum absolute atomic E-state index is 5.15. The molecule has 1 aliphatic rings. The normalized spacial score (nSPS) is 19.7. The van der Waals surface area contributed by atoms with Gasteiger partial charge in [-0.3, -0.25) is 0 Å². The van der Waals surface area contributed by atoms with Crippen LogP contribution in [0, 0.1) is 0 Å². The minimum Gasteiger partial charge on any atom is -0.472 e. The molecule has 1 aromatic carbocycles. The third kappa shape index (κ3) is 2.33. The van der Waals surface area contributed by atoms with Crippen LogP contribution in [0.3, 0.4) is 0 Å². The van der Waals surface area contributed by atoms with Gasteiger partial charge in [0.1, 0.15) is 0 Å². The van der Waals surface area contributed by atoms with Gasteiger partial charge in [-0.25, -0.2) is 0 Å². The summed E-state index contributed by atoms with van der Waals surface area (Å²) in [5, 5.41) is 4.07. The number of likely N-dealkylation sites (N-methyl/N-ethyl adjacent to an activating group) is 1. The van der Waals surface area contributed by atoms with E-state index < -0.39 is 0 Å². The van der Waals surface area contributed by atoms with Crippen LogP contribution in [0.5, 0.6) is 0 Å². The number of benzene rings is 1. The Morgan fingerprint density at radius 1 is 1.39 bits per heavy atom. The molecular formula is C15H17NOS. The van der Waals surface area contributed by atoms with E-state index in [1.807, 2.05) is 25.1 Å². The van der Waals surface area contributed by atoms with Crippen molar-refractivity contribution in [2.45, 2.75) is 29.0 Å². The zero-order chi connectivity index (χ0) is 12.4. The average molecular weight is 259 g/mol. The molecule has 3 heteroatoms. The molecule has 0 spiro atoms. The fraction of sp³-hybridized carbons (Fsp3) is 0.333. The minimum absolute atomic E-state index is 0.486. The van der Waals surface area contributed by atoms with Crippen LogP contribution < -0.4 is 5.32 Å². The molecule has 0 bridgehead atoms. The number of hydrogen-bond acceptors (Lipinski definition) is 3. The fourth-order valence-electron chi connectivity index (χ4n) is 2.52. The van der Waals surface area contributed by atoms with Crippen molar-refractivity contribution >= 4 is 11.8 Å². The standard InChI is InChI=1S/C15H17NOS/c1-16-13(8-11-6-7-17-10-11)15-9-12-4-2-3-5-14(12)18-15/h2-7,10,13,15-16H,8-9H2,1H3. The van der Waals surface area contributed by atoms with E-state index in [-0.39, 0.29) is 0 Å². The van der Waals surface area contributed by atoms with Crippen molar-refractivity contribution in [3.8, 4) is 0 Å². The minimum atomic E-state index is 0.486. The summed E-state index contributed by atoms with van der Waals surface area (Å²) in [6.07, 6.45) is 5.78. The Bertz CT molecular complexity index is 481. The second-order valence-electron chi connectivity index (χ2n) is 4.70. The van der Waals surface area contributed by atoms with Crippen LogP contribution >= 0.6 is 11.8 Å². The Hall–Kier alpha value is -1.19. The van der Waals surface area contributed by atoms with Crippen LogP contribution in [0.4, 0.5) is 0 Å². The van der Waals surface area contributed by atoms with E-state index >= 15 is 0 Å². The van der Waals surface area contributed by atoms with Gasteiger partial charge in [0.2, 0.25) is 0 Å². The Morgan fingerprint density at radius 2 is 2.28 bits per heavy atom. The first-order valence-corrected chi connectivity index (χ1v) is 7.17. The molecule has 1 aliphatic heterocycles. The molecule has 1 N–H and O–H groups in total. The molecule has 18 heavy (non-hydrogen) atoms. The van der Waals surface area contributed by atoms with Crippen molar-refractivity contribution < 1.29 is 4.42 Å². The summed E-state index contributed by atoms with van der Waals surface area (Å²) in [6.45, 7) is 0. The van der Waals surface area contributed by atoms with Crippen LogP contribution in [-0.4, -0.2) is 18.3 Å². The summed E-state index contributed by atoms with van der Waals surface area (Å²) in [7, 11) is 2.05. The third-order valence-electron chi connectivity index (χ3n) is 3.53. The highest BCUT2D eigenvalue weighted by Crippen LogP contribution is 2.38. The highest BCUT2D eigenvalue weighted by atomic mass is 32.2. The smallest absolute Gasteiger partial charge is 0.0935 e. The number of rotatable bonds is 4. The lowest BCUT2D eigenvalue weighted by molar-refractivity contribution is 0.526. The topological polar surface area (TPSA) is 25.2 Å². The fourth-order valence-corrected chi connectivity index (χ4v) is 3.96. The zero-order valence-corrected chi connectivity index (χ0v) is 11.2. The predicted octanol–water partition coefficient (Wildman–Crippen LogP) is 3.13. The maximum Gasteiger partial charge on any atom is 0.0935 e. The monoisotopic (exact) mass is 259 g/mol. The van der Waals surface area contributed by atoms with Crippen LogP contribution in [0.1, 0.15) is 11.1 Å². The van der Waals surface area contributed by atoms with Crippen molar-refractivity contribution in [1.29, 1.82) is 0 Å². The molecule has 2 atom stereocenters. The quantitative estimate of drug-likeness (QED) is 0.913. The summed E-state index contributed by atoms with van der Waals surface area (Å²) in [6, 6.07) is 11.3. The van der Waals surface area contributed by atoms with Gasteiger partial charge < -0.3 is 9.73 Å². The first-order valence-electron chi connectivity index (χ1n) is 6.29. The van der Waals surface area contributed by atoms with E-state index in [4.69, 9.17) is 4.42 Å².